The van der Waals surface area contributed by atoms with Crippen LogP contribution in [0.3, 0.4) is 0 Å². The van der Waals surface area contributed by atoms with Crippen molar-refractivity contribution in [1.29, 1.82) is 0 Å². The Morgan fingerprint density at radius 1 is 1.56 bits per heavy atom. The normalized spacial score (nSPS) is 10.9. The topological polar surface area (TPSA) is 49.3 Å². The molecule has 3 heteroatoms. The number of carbonyl (C=O) groups excluding carboxylic acids is 1. The highest BCUT2D eigenvalue weighted by Crippen LogP contribution is 1.74. The lowest BCUT2D eigenvalue weighted by Gasteiger charge is -1.83. The lowest BCUT2D eigenvalue weighted by atomic mass is 10.4. The van der Waals surface area contributed by atoms with Gasteiger partial charge in [-0.25, -0.2) is 5.48 Å². The summed E-state index contributed by atoms with van der Waals surface area (Å²) >= 11 is 0. The fourth-order valence-corrected chi connectivity index (χ4v) is 0.291. The molecule has 3 nitrogen and oxygen atoms in total. The average molecular weight is 127 g/mol. The molecule has 0 aliphatic carbocycles. The van der Waals surface area contributed by atoms with Gasteiger partial charge in [-0.3, -0.25) is 10.0 Å². The van der Waals surface area contributed by atoms with Crippen molar-refractivity contribution in [2.24, 2.45) is 0 Å². The zero-order chi connectivity index (χ0) is 7.11. The Kier molecular flexibility index (Phi) is 4.44. The molecule has 0 fully saturated rings. The molecule has 0 bridgehead atoms. The second kappa shape index (κ2) is 5.05. The zero-order valence-corrected chi connectivity index (χ0v) is 5.16. The highest BCUT2D eigenvalue weighted by molar-refractivity contribution is 5.86. The molecule has 0 radical (unpaired) electrons. The summed E-state index contributed by atoms with van der Waals surface area (Å²) in [5, 5.41) is 7.96. The monoisotopic (exact) mass is 127 g/mol. The minimum Gasteiger partial charge on any atom is -0.288 e. The summed E-state index contributed by atoms with van der Waals surface area (Å²) in [7, 11) is 0. The number of hydroxylamine groups is 1. The van der Waals surface area contributed by atoms with E-state index >= 15 is 0 Å². The van der Waals surface area contributed by atoms with Gasteiger partial charge in [-0.05, 0) is 6.92 Å². The summed E-state index contributed by atoms with van der Waals surface area (Å²) in [6.45, 7) is 1.83. The molecule has 0 unspecified atom stereocenters. The first-order valence-electron chi connectivity index (χ1n) is 2.54. The van der Waals surface area contributed by atoms with E-state index in [2.05, 4.69) is 0 Å². The van der Waals surface area contributed by atoms with E-state index in [-0.39, 0.29) is 0 Å². The fourth-order valence-electron chi connectivity index (χ4n) is 0.291. The van der Waals surface area contributed by atoms with Crippen LogP contribution in [-0.2, 0) is 4.79 Å². The number of carbonyl (C=O) groups is 1. The van der Waals surface area contributed by atoms with Crippen LogP contribution in [0.2, 0.25) is 0 Å². The van der Waals surface area contributed by atoms with Crippen LogP contribution in [-0.4, -0.2) is 11.1 Å². The number of hydrogen-bond donors (Lipinski definition) is 2. The van der Waals surface area contributed by atoms with Crippen molar-refractivity contribution in [2.45, 2.75) is 6.92 Å². The summed E-state index contributed by atoms with van der Waals surface area (Å²) in [5.41, 5.74) is 1.46. The van der Waals surface area contributed by atoms with Crippen molar-refractivity contribution in [3.8, 4) is 0 Å². The number of amides is 1. The van der Waals surface area contributed by atoms with Crippen LogP contribution in [0.1, 0.15) is 6.92 Å². The standard InChI is InChI=1S/C6H9NO2/c1-2-3-4-5-6(8)7-9/h2-5,9H,1H3,(H,7,8)/b3-2+,5-4-. The number of allylic oxidation sites excluding steroid dienone is 3. The van der Waals surface area contributed by atoms with Crippen molar-refractivity contribution in [2.75, 3.05) is 0 Å². The first-order valence-corrected chi connectivity index (χ1v) is 2.54. The van der Waals surface area contributed by atoms with Gasteiger partial charge in [0.25, 0.3) is 5.91 Å². The quantitative estimate of drug-likeness (QED) is 0.247. The third-order valence-corrected chi connectivity index (χ3v) is 0.661. The van der Waals surface area contributed by atoms with E-state index < -0.39 is 5.91 Å². The molecule has 0 aliphatic heterocycles. The molecular weight excluding hydrogens is 118 g/mol. The van der Waals surface area contributed by atoms with E-state index in [1.54, 1.807) is 12.2 Å². The smallest absolute Gasteiger partial charge is 0.267 e. The van der Waals surface area contributed by atoms with E-state index in [0.717, 1.165) is 0 Å². The Morgan fingerprint density at radius 3 is 2.67 bits per heavy atom. The van der Waals surface area contributed by atoms with Crippen LogP contribution >= 0.6 is 0 Å². The predicted octanol–water partition coefficient (Wildman–Crippen LogP) is 0.624. The van der Waals surface area contributed by atoms with Gasteiger partial charge in [0.05, 0.1) is 0 Å². The molecule has 9 heavy (non-hydrogen) atoms. The number of rotatable bonds is 2. The van der Waals surface area contributed by atoms with E-state index in [9.17, 15) is 4.79 Å². The summed E-state index contributed by atoms with van der Waals surface area (Å²) in [6.07, 6.45) is 6.22. The SMILES string of the molecule is C/C=C/C=C\C(=O)NO. The van der Waals surface area contributed by atoms with Crippen molar-refractivity contribution < 1.29 is 10.0 Å². The minimum atomic E-state index is -0.520. The van der Waals surface area contributed by atoms with Crippen LogP contribution in [0.4, 0.5) is 0 Å². The second-order valence-electron chi connectivity index (χ2n) is 1.36. The number of hydrogen-bond acceptors (Lipinski definition) is 2. The van der Waals surface area contributed by atoms with Gasteiger partial charge in [-0.2, -0.15) is 0 Å². The molecule has 0 aromatic heterocycles. The minimum absolute atomic E-state index is 0.520. The van der Waals surface area contributed by atoms with Gasteiger partial charge in [0, 0.05) is 6.08 Å². The fraction of sp³-hybridized carbons (Fsp3) is 0.167. The molecule has 2 N–H and O–H groups in total. The van der Waals surface area contributed by atoms with Crippen molar-refractivity contribution in [3.05, 3.63) is 24.3 Å². The Hall–Kier alpha value is -1.09. The highest BCUT2D eigenvalue weighted by atomic mass is 16.5. The van der Waals surface area contributed by atoms with E-state index in [1.165, 1.54) is 17.6 Å². The summed E-state index contributed by atoms with van der Waals surface area (Å²) in [4.78, 5) is 10.2. The maximum absolute atomic E-state index is 10.2. The van der Waals surface area contributed by atoms with Gasteiger partial charge in [0.2, 0.25) is 0 Å². The van der Waals surface area contributed by atoms with Crippen molar-refractivity contribution in [3.63, 3.8) is 0 Å². The maximum Gasteiger partial charge on any atom is 0.267 e. The molecule has 0 saturated carbocycles. The summed E-state index contributed by atoms with van der Waals surface area (Å²) in [5.74, 6) is -0.520. The van der Waals surface area contributed by atoms with Crippen LogP contribution < -0.4 is 5.48 Å². The van der Waals surface area contributed by atoms with Gasteiger partial charge < -0.3 is 0 Å². The Labute approximate surface area is 53.6 Å². The van der Waals surface area contributed by atoms with Gasteiger partial charge in [0.1, 0.15) is 0 Å². The van der Waals surface area contributed by atoms with Crippen molar-refractivity contribution in [1.82, 2.24) is 5.48 Å². The van der Waals surface area contributed by atoms with E-state index in [1.807, 2.05) is 6.92 Å². The van der Waals surface area contributed by atoms with Gasteiger partial charge in [-0.15, -0.1) is 0 Å². The zero-order valence-electron chi connectivity index (χ0n) is 5.16. The molecular formula is C6H9NO2. The molecule has 0 atom stereocenters. The largest absolute Gasteiger partial charge is 0.288 e. The van der Waals surface area contributed by atoms with Crippen LogP contribution in [0.15, 0.2) is 24.3 Å². The maximum atomic E-state index is 10.2. The van der Waals surface area contributed by atoms with E-state index in [0.29, 0.717) is 0 Å². The lowest BCUT2D eigenvalue weighted by molar-refractivity contribution is -0.124. The molecule has 0 aromatic rings. The number of nitrogens with one attached hydrogen (secondary N) is 1. The molecule has 0 aromatic carbocycles. The van der Waals surface area contributed by atoms with E-state index in [4.69, 9.17) is 5.21 Å². The van der Waals surface area contributed by atoms with Crippen LogP contribution in [0, 0.1) is 0 Å². The molecule has 0 heterocycles. The average Bonchev–Trinajstić information content (AvgIpc) is 1.89. The molecule has 1 amide bonds. The van der Waals surface area contributed by atoms with Crippen LogP contribution in [0.5, 0.6) is 0 Å². The Bertz CT molecular complexity index is 138. The summed E-state index contributed by atoms with van der Waals surface area (Å²) < 4.78 is 0. The summed E-state index contributed by atoms with van der Waals surface area (Å²) in [6, 6.07) is 0. The van der Waals surface area contributed by atoms with Crippen LogP contribution in [0.25, 0.3) is 0 Å². The molecule has 0 rings (SSSR count). The Balaban J connectivity index is 3.57. The molecule has 50 valence electrons. The lowest BCUT2D eigenvalue weighted by Crippen LogP contribution is -2.14. The first-order chi connectivity index (χ1) is 4.31. The van der Waals surface area contributed by atoms with Gasteiger partial charge >= 0.3 is 0 Å². The van der Waals surface area contributed by atoms with Gasteiger partial charge in [0.15, 0.2) is 0 Å². The molecule has 0 aliphatic rings. The Morgan fingerprint density at radius 2 is 2.22 bits per heavy atom. The first kappa shape index (κ1) is 7.91. The molecule has 0 spiro atoms. The predicted molar refractivity (Wildman–Crippen MR) is 33.9 cm³/mol. The third kappa shape index (κ3) is 4.77. The second-order valence-corrected chi connectivity index (χ2v) is 1.36. The van der Waals surface area contributed by atoms with Gasteiger partial charge in [-0.1, -0.05) is 18.2 Å². The highest BCUT2D eigenvalue weighted by Gasteiger charge is 1.84. The third-order valence-electron chi connectivity index (χ3n) is 0.661. The van der Waals surface area contributed by atoms with Crippen molar-refractivity contribution >= 4 is 5.91 Å². The molecule has 0 saturated heterocycles.